The second-order valence-corrected chi connectivity index (χ2v) is 7.66. The van der Waals surface area contributed by atoms with Gasteiger partial charge in [-0.2, -0.15) is 0 Å². The molecule has 136 valence electrons. The zero-order valence-corrected chi connectivity index (χ0v) is 15.5. The Morgan fingerprint density at radius 2 is 1.76 bits per heavy atom. The van der Waals surface area contributed by atoms with Crippen molar-refractivity contribution in [3.8, 4) is 17.2 Å². The van der Waals surface area contributed by atoms with Gasteiger partial charge in [-0.15, -0.1) is 11.3 Å². The molecule has 0 atom stereocenters. The first kappa shape index (κ1) is 19.0. The number of amides is 1. The molecule has 0 aliphatic heterocycles. The number of hydrogen-bond acceptors (Lipinski definition) is 7. The molecule has 25 heavy (non-hydrogen) atoms. The number of ether oxygens (including phenoxy) is 3. The number of benzene rings is 1. The van der Waals surface area contributed by atoms with E-state index in [2.05, 4.69) is 10.0 Å². The lowest BCUT2D eigenvalue weighted by Gasteiger charge is -2.14. The fourth-order valence-electron chi connectivity index (χ4n) is 2.01. The summed E-state index contributed by atoms with van der Waals surface area (Å²) in [6.45, 7) is -0.406. The zero-order valence-electron chi connectivity index (χ0n) is 13.9. The number of carbonyl (C=O) groups excluding carboxylic acids is 1. The molecule has 0 saturated carbocycles. The van der Waals surface area contributed by atoms with Crippen LogP contribution in [-0.2, 0) is 14.8 Å². The van der Waals surface area contributed by atoms with Gasteiger partial charge in [-0.05, 0) is 11.4 Å². The lowest BCUT2D eigenvalue weighted by Crippen LogP contribution is -2.32. The molecule has 0 aliphatic rings. The minimum atomic E-state index is -3.70. The van der Waals surface area contributed by atoms with E-state index in [0.29, 0.717) is 22.9 Å². The van der Waals surface area contributed by atoms with Crippen molar-refractivity contribution in [1.29, 1.82) is 0 Å². The maximum Gasteiger partial charge on any atom is 0.250 e. The zero-order chi connectivity index (χ0) is 18.4. The van der Waals surface area contributed by atoms with Crippen LogP contribution < -0.4 is 24.2 Å². The summed E-state index contributed by atoms with van der Waals surface area (Å²) in [5, 5.41) is 4.23. The molecule has 1 aromatic heterocycles. The van der Waals surface area contributed by atoms with Gasteiger partial charge in [0, 0.05) is 17.8 Å². The summed E-state index contributed by atoms with van der Waals surface area (Å²) in [7, 11) is 0.681. The standard InChI is InChI=1S/C15H18N2O6S2/c1-21-11-7-10(8-12(22-2)15(11)23-3)17-13(18)9-16-25(19,20)14-5-4-6-24-14/h4-8,16H,9H2,1-3H3,(H,17,18). The predicted octanol–water partition coefficient (Wildman–Crippen LogP) is 1.69. The molecule has 8 nitrogen and oxygen atoms in total. The molecule has 2 rings (SSSR count). The molecule has 0 saturated heterocycles. The van der Waals surface area contributed by atoms with Gasteiger partial charge in [0.25, 0.3) is 10.0 Å². The first-order chi connectivity index (χ1) is 11.9. The minimum Gasteiger partial charge on any atom is -0.493 e. The molecule has 0 radical (unpaired) electrons. The summed E-state index contributed by atoms with van der Waals surface area (Å²) in [4.78, 5) is 12.0. The third-order valence-corrected chi connectivity index (χ3v) is 5.93. The monoisotopic (exact) mass is 386 g/mol. The van der Waals surface area contributed by atoms with E-state index in [9.17, 15) is 13.2 Å². The molecule has 1 aromatic carbocycles. The van der Waals surface area contributed by atoms with Crippen molar-refractivity contribution < 1.29 is 27.4 Å². The average Bonchev–Trinajstić information content (AvgIpc) is 3.14. The number of hydrogen-bond donors (Lipinski definition) is 2. The van der Waals surface area contributed by atoms with E-state index >= 15 is 0 Å². The average molecular weight is 386 g/mol. The molecule has 1 heterocycles. The van der Waals surface area contributed by atoms with Crippen LogP contribution >= 0.6 is 11.3 Å². The molecule has 2 aromatic rings. The number of sulfonamides is 1. The Morgan fingerprint density at radius 3 is 2.24 bits per heavy atom. The number of nitrogens with one attached hydrogen (secondary N) is 2. The molecule has 0 spiro atoms. The van der Waals surface area contributed by atoms with Crippen molar-refractivity contribution in [3.05, 3.63) is 29.6 Å². The topological polar surface area (TPSA) is 103 Å². The van der Waals surface area contributed by atoms with Crippen LogP contribution in [0.5, 0.6) is 17.2 Å². The summed E-state index contributed by atoms with van der Waals surface area (Å²) in [5.74, 6) is 0.600. The molecule has 0 bridgehead atoms. The highest BCUT2D eigenvalue weighted by molar-refractivity contribution is 7.91. The smallest absolute Gasteiger partial charge is 0.250 e. The Balaban J connectivity index is 2.08. The lowest BCUT2D eigenvalue weighted by molar-refractivity contribution is -0.115. The van der Waals surface area contributed by atoms with Crippen molar-refractivity contribution in [2.45, 2.75) is 4.21 Å². The van der Waals surface area contributed by atoms with Gasteiger partial charge in [0.05, 0.1) is 27.9 Å². The quantitative estimate of drug-likeness (QED) is 0.716. The van der Waals surface area contributed by atoms with Gasteiger partial charge in [-0.3, -0.25) is 4.79 Å². The Labute approximate surface area is 149 Å². The number of thiophene rings is 1. The summed E-state index contributed by atoms with van der Waals surface area (Å²) < 4.78 is 42.0. The normalized spacial score (nSPS) is 11.0. The van der Waals surface area contributed by atoms with Gasteiger partial charge in [-0.25, -0.2) is 13.1 Å². The van der Waals surface area contributed by atoms with E-state index in [0.717, 1.165) is 11.3 Å². The highest BCUT2D eigenvalue weighted by Crippen LogP contribution is 2.39. The largest absolute Gasteiger partial charge is 0.493 e. The number of carbonyl (C=O) groups is 1. The molecular weight excluding hydrogens is 368 g/mol. The molecular formula is C15H18N2O6S2. The molecule has 10 heteroatoms. The van der Waals surface area contributed by atoms with Crippen molar-refractivity contribution in [3.63, 3.8) is 0 Å². The minimum absolute atomic E-state index is 0.146. The highest BCUT2D eigenvalue weighted by Gasteiger charge is 2.18. The Morgan fingerprint density at radius 1 is 1.12 bits per heavy atom. The summed E-state index contributed by atoms with van der Waals surface area (Å²) >= 11 is 1.07. The Bertz CT molecular complexity index is 809. The van der Waals surface area contributed by atoms with E-state index in [-0.39, 0.29) is 4.21 Å². The van der Waals surface area contributed by atoms with Crippen LogP contribution in [-0.4, -0.2) is 42.2 Å². The number of anilines is 1. The molecule has 2 N–H and O–H groups in total. The summed E-state index contributed by atoms with van der Waals surface area (Å²) in [6, 6.07) is 6.18. The van der Waals surface area contributed by atoms with E-state index in [1.54, 1.807) is 23.6 Å². The van der Waals surface area contributed by atoms with Crippen LogP contribution in [0.1, 0.15) is 0 Å². The van der Waals surface area contributed by atoms with Crippen molar-refractivity contribution in [1.82, 2.24) is 4.72 Å². The first-order valence-corrected chi connectivity index (χ1v) is 9.40. The molecule has 0 unspecified atom stereocenters. The SMILES string of the molecule is COc1cc(NC(=O)CNS(=O)(=O)c2cccs2)cc(OC)c1OC. The van der Waals surface area contributed by atoms with Gasteiger partial charge < -0.3 is 19.5 Å². The summed E-state index contributed by atoms with van der Waals surface area (Å²) in [5.41, 5.74) is 0.384. The number of methoxy groups -OCH3 is 3. The lowest BCUT2D eigenvalue weighted by atomic mass is 10.2. The Kier molecular flexibility index (Phi) is 6.23. The second-order valence-electron chi connectivity index (χ2n) is 4.72. The van der Waals surface area contributed by atoms with Crippen LogP contribution in [0.4, 0.5) is 5.69 Å². The fraction of sp³-hybridized carbons (Fsp3) is 0.267. The van der Waals surface area contributed by atoms with Gasteiger partial charge in [0.15, 0.2) is 11.5 Å². The van der Waals surface area contributed by atoms with Crippen LogP contribution in [0.25, 0.3) is 0 Å². The van der Waals surface area contributed by atoms with E-state index < -0.39 is 22.5 Å². The maximum atomic E-state index is 12.0. The third kappa shape index (κ3) is 4.62. The highest BCUT2D eigenvalue weighted by atomic mass is 32.2. The summed E-state index contributed by atoms with van der Waals surface area (Å²) in [6.07, 6.45) is 0. The maximum absolute atomic E-state index is 12.0. The third-order valence-electron chi connectivity index (χ3n) is 3.13. The van der Waals surface area contributed by atoms with E-state index in [4.69, 9.17) is 14.2 Å². The van der Waals surface area contributed by atoms with Crippen molar-refractivity contribution in [2.24, 2.45) is 0 Å². The molecule has 0 aliphatic carbocycles. The van der Waals surface area contributed by atoms with Crippen molar-refractivity contribution in [2.75, 3.05) is 33.2 Å². The molecule has 1 amide bonds. The van der Waals surface area contributed by atoms with Crippen LogP contribution in [0.15, 0.2) is 33.9 Å². The van der Waals surface area contributed by atoms with Crippen molar-refractivity contribution >= 4 is 33.0 Å². The second kappa shape index (κ2) is 8.19. The fourth-order valence-corrected chi connectivity index (χ4v) is 4.03. The van der Waals surface area contributed by atoms with E-state index in [1.165, 1.54) is 27.4 Å². The van der Waals surface area contributed by atoms with Gasteiger partial charge in [-0.1, -0.05) is 6.07 Å². The van der Waals surface area contributed by atoms with Crippen LogP contribution in [0.2, 0.25) is 0 Å². The van der Waals surface area contributed by atoms with Crippen LogP contribution in [0.3, 0.4) is 0 Å². The van der Waals surface area contributed by atoms with E-state index in [1.807, 2.05) is 0 Å². The van der Waals surface area contributed by atoms with Crippen LogP contribution in [0, 0.1) is 0 Å². The van der Waals surface area contributed by atoms with Gasteiger partial charge in [0.1, 0.15) is 4.21 Å². The van der Waals surface area contributed by atoms with Gasteiger partial charge in [0.2, 0.25) is 11.7 Å². The molecule has 0 fully saturated rings. The predicted molar refractivity (Wildman–Crippen MR) is 94.2 cm³/mol. The Hall–Kier alpha value is -2.30. The first-order valence-electron chi connectivity index (χ1n) is 7.04. The van der Waals surface area contributed by atoms with Gasteiger partial charge >= 0.3 is 0 Å². The number of rotatable bonds is 8.